The maximum atomic E-state index is 11.3. The highest BCUT2D eigenvalue weighted by molar-refractivity contribution is 6.00. The molecular weight excluding hydrogens is 204 g/mol. The van der Waals surface area contributed by atoms with Gasteiger partial charge in [-0.05, 0) is 25.0 Å². The topological polar surface area (TPSA) is 55.6 Å². The maximum Gasteiger partial charge on any atom is 0.250 e. The third-order valence-electron chi connectivity index (χ3n) is 2.53. The van der Waals surface area contributed by atoms with Gasteiger partial charge >= 0.3 is 0 Å². The van der Waals surface area contributed by atoms with E-state index in [0.29, 0.717) is 11.7 Å². The minimum Gasteiger partial charge on any atom is -0.488 e. The zero-order valence-corrected chi connectivity index (χ0v) is 9.56. The van der Waals surface area contributed by atoms with Crippen LogP contribution in [0.15, 0.2) is 18.2 Å². The Labute approximate surface area is 95.0 Å². The molecule has 0 atom stereocenters. The Hall–Kier alpha value is -1.71. The Kier molecular flexibility index (Phi) is 2.73. The smallest absolute Gasteiger partial charge is 0.250 e. The van der Waals surface area contributed by atoms with E-state index in [4.69, 9.17) is 10.5 Å². The molecule has 0 aromatic heterocycles. The SMILES string of the molecule is CN(C)c1c(OC2CC2)cccc1C(N)=O. The molecule has 4 heteroatoms. The van der Waals surface area contributed by atoms with Crippen molar-refractivity contribution in [3.05, 3.63) is 23.8 Å². The van der Waals surface area contributed by atoms with Crippen LogP contribution in [0.25, 0.3) is 0 Å². The standard InChI is InChI=1S/C12H16N2O2/c1-14(2)11-9(12(13)15)4-3-5-10(11)16-8-6-7-8/h3-5,8H,6-7H2,1-2H3,(H2,13,15). The van der Waals surface area contributed by atoms with Gasteiger partial charge in [0.25, 0.3) is 5.91 Å². The van der Waals surface area contributed by atoms with Crippen LogP contribution in [0.5, 0.6) is 5.75 Å². The minimum atomic E-state index is -0.426. The lowest BCUT2D eigenvalue weighted by atomic mass is 10.1. The zero-order chi connectivity index (χ0) is 11.7. The molecule has 0 unspecified atom stereocenters. The van der Waals surface area contributed by atoms with E-state index in [1.807, 2.05) is 25.1 Å². The first-order valence-corrected chi connectivity index (χ1v) is 5.36. The van der Waals surface area contributed by atoms with Crippen LogP contribution in [-0.2, 0) is 0 Å². The Morgan fingerprint density at radius 1 is 1.44 bits per heavy atom. The molecule has 2 N–H and O–H groups in total. The summed E-state index contributed by atoms with van der Waals surface area (Å²) in [6, 6.07) is 5.39. The van der Waals surface area contributed by atoms with Crippen LogP contribution >= 0.6 is 0 Å². The minimum absolute atomic E-state index is 0.307. The van der Waals surface area contributed by atoms with Crippen LogP contribution < -0.4 is 15.4 Å². The second-order valence-electron chi connectivity index (χ2n) is 4.23. The molecule has 1 aromatic carbocycles. The first kappa shape index (κ1) is 10.8. The summed E-state index contributed by atoms with van der Waals surface area (Å²) in [6.07, 6.45) is 2.49. The summed E-state index contributed by atoms with van der Waals surface area (Å²) in [7, 11) is 3.75. The number of carbonyl (C=O) groups excluding carboxylic acids is 1. The van der Waals surface area contributed by atoms with E-state index >= 15 is 0 Å². The van der Waals surface area contributed by atoms with Crippen LogP contribution in [0.3, 0.4) is 0 Å². The van der Waals surface area contributed by atoms with Crippen molar-refractivity contribution >= 4 is 11.6 Å². The normalized spacial score (nSPS) is 14.6. The lowest BCUT2D eigenvalue weighted by Gasteiger charge is -2.20. The molecule has 86 valence electrons. The van der Waals surface area contributed by atoms with Gasteiger partial charge in [0.15, 0.2) is 0 Å². The summed E-state index contributed by atoms with van der Waals surface area (Å²) in [5, 5.41) is 0. The maximum absolute atomic E-state index is 11.3. The fraction of sp³-hybridized carbons (Fsp3) is 0.417. The van der Waals surface area contributed by atoms with Crippen molar-refractivity contribution in [3.63, 3.8) is 0 Å². The van der Waals surface area contributed by atoms with E-state index < -0.39 is 5.91 Å². The summed E-state index contributed by atoms with van der Waals surface area (Å²) in [6.45, 7) is 0. The molecule has 1 aliphatic rings. The van der Waals surface area contributed by atoms with Gasteiger partial charge in [-0.2, -0.15) is 0 Å². The predicted octanol–water partition coefficient (Wildman–Crippen LogP) is 1.39. The Balaban J connectivity index is 2.41. The highest BCUT2D eigenvalue weighted by Gasteiger charge is 2.26. The van der Waals surface area contributed by atoms with Gasteiger partial charge in [0, 0.05) is 14.1 Å². The average Bonchev–Trinajstić information content (AvgIpc) is 3.00. The summed E-state index contributed by atoms with van der Waals surface area (Å²) in [4.78, 5) is 13.2. The Bertz CT molecular complexity index is 411. The first-order chi connectivity index (χ1) is 7.59. The van der Waals surface area contributed by atoms with Gasteiger partial charge < -0.3 is 15.4 Å². The molecule has 1 saturated carbocycles. The van der Waals surface area contributed by atoms with Gasteiger partial charge in [-0.15, -0.1) is 0 Å². The van der Waals surface area contributed by atoms with Crippen LogP contribution in [0.1, 0.15) is 23.2 Å². The molecular formula is C12H16N2O2. The molecule has 0 saturated heterocycles. The van der Waals surface area contributed by atoms with Crippen LogP contribution in [-0.4, -0.2) is 26.1 Å². The number of hydrogen-bond acceptors (Lipinski definition) is 3. The highest BCUT2D eigenvalue weighted by atomic mass is 16.5. The third-order valence-corrected chi connectivity index (χ3v) is 2.53. The lowest BCUT2D eigenvalue weighted by Crippen LogP contribution is -2.19. The number of benzene rings is 1. The molecule has 16 heavy (non-hydrogen) atoms. The largest absolute Gasteiger partial charge is 0.488 e. The monoisotopic (exact) mass is 220 g/mol. The number of nitrogens with zero attached hydrogens (tertiary/aromatic N) is 1. The van der Waals surface area contributed by atoms with Crippen molar-refractivity contribution in [2.24, 2.45) is 5.73 Å². The van der Waals surface area contributed by atoms with E-state index in [-0.39, 0.29) is 0 Å². The van der Waals surface area contributed by atoms with E-state index in [1.54, 1.807) is 12.1 Å². The number of carbonyl (C=O) groups is 1. The fourth-order valence-corrected chi connectivity index (χ4v) is 1.64. The average molecular weight is 220 g/mol. The molecule has 0 radical (unpaired) electrons. The van der Waals surface area contributed by atoms with Gasteiger partial charge in [0.1, 0.15) is 5.75 Å². The number of amides is 1. The predicted molar refractivity (Wildman–Crippen MR) is 62.9 cm³/mol. The summed E-state index contributed by atoms with van der Waals surface area (Å²) < 4.78 is 5.76. The van der Waals surface area contributed by atoms with Gasteiger partial charge in [0.2, 0.25) is 0 Å². The number of hydrogen-bond donors (Lipinski definition) is 1. The van der Waals surface area contributed by atoms with Crippen molar-refractivity contribution in [1.82, 2.24) is 0 Å². The number of rotatable bonds is 4. The van der Waals surface area contributed by atoms with Crippen LogP contribution in [0.4, 0.5) is 5.69 Å². The Morgan fingerprint density at radius 3 is 2.62 bits per heavy atom. The number of primary amides is 1. The third kappa shape index (κ3) is 2.10. The molecule has 0 bridgehead atoms. The zero-order valence-electron chi connectivity index (χ0n) is 9.56. The molecule has 1 aliphatic carbocycles. The van der Waals surface area contributed by atoms with Gasteiger partial charge in [0.05, 0.1) is 17.4 Å². The van der Waals surface area contributed by atoms with Crippen LogP contribution in [0, 0.1) is 0 Å². The van der Waals surface area contributed by atoms with E-state index in [1.165, 1.54) is 0 Å². The first-order valence-electron chi connectivity index (χ1n) is 5.36. The van der Waals surface area contributed by atoms with Crippen molar-refractivity contribution in [1.29, 1.82) is 0 Å². The van der Waals surface area contributed by atoms with Crippen LogP contribution in [0.2, 0.25) is 0 Å². The number of anilines is 1. The number of para-hydroxylation sites is 1. The molecule has 1 fully saturated rings. The number of ether oxygens (including phenoxy) is 1. The summed E-state index contributed by atoms with van der Waals surface area (Å²) in [5.41, 5.74) is 6.62. The van der Waals surface area contributed by atoms with Crippen molar-refractivity contribution in [2.45, 2.75) is 18.9 Å². The lowest BCUT2D eigenvalue weighted by molar-refractivity contribution is 0.100. The second kappa shape index (κ2) is 4.04. The molecule has 0 heterocycles. The van der Waals surface area contributed by atoms with Crippen molar-refractivity contribution < 1.29 is 9.53 Å². The molecule has 1 aromatic rings. The summed E-state index contributed by atoms with van der Waals surface area (Å²) >= 11 is 0. The molecule has 2 rings (SSSR count). The summed E-state index contributed by atoms with van der Waals surface area (Å²) in [5.74, 6) is 0.314. The molecule has 0 spiro atoms. The van der Waals surface area contributed by atoms with Crippen molar-refractivity contribution in [2.75, 3.05) is 19.0 Å². The second-order valence-corrected chi connectivity index (χ2v) is 4.23. The van der Waals surface area contributed by atoms with Crippen molar-refractivity contribution in [3.8, 4) is 5.75 Å². The van der Waals surface area contributed by atoms with E-state index in [2.05, 4.69) is 0 Å². The van der Waals surface area contributed by atoms with Gasteiger partial charge in [-0.3, -0.25) is 4.79 Å². The Morgan fingerprint density at radius 2 is 2.12 bits per heavy atom. The van der Waals surface area contributed by atoms with E-state index in [0.717, 1.165) is 24.3 Å². The quantitative estimate of drug-likeness (QED) is 0.834. The van der Waals surface area contributed by atoms with E-state index in [9.17, 15) is 4.79 Å². The number of nitrogens with two attached hydrogens (primary N) is 1. The highest BCUT2D eigenvalue weighted by Crippen LogP contribution is 2.35. The molecule has 1 amide bonds. The van der Waals surface area contributed by atoms with Gasteiger partial charge in [-0.1, -0.05) is 6.07 Å². The van der Waals surface area contributed by atoms with Gasteiger partial charge in [-0.25, -0.2) is 0 Å². The fourth-order valence-electron chi connectivity index (χ4n) is 1.64. The molecule has 0 aliphatic heterocycles. The molecule has 4 nitrogen and oxygen atoms in total.